The number of hydrogen-bond donors (Lipinski definition) is 2. The van der Waals surface area contributed by atoms with Crippen molar-refractivity contribution < 1.29 is 28.2 Å². The first-order valence-corrected chi connectivity index (χ1v) is 15.2. The molecule has 4 nitrogen and oxygen atoms in total. The van der Waals surface area contributed by atoms with Gasteiger partial charge in [-0.1, -0.05) is 32.4 Å². The number of rotatable bonds is 5. The molecule has 4 aliphatic carbocycles. The topological polar surface area (TPSA) is 60.8 Å². The lowest BCUT2D eigenvalue weighted by molar-refractivity contribution is -0.222. The van der Waals surface area contributed by atoms with Crippen molar-refractivity contribution in [1.82, 2.24) is 4.90 Å². The minimum Gasteiger partial charge on any atom is -0.393 e. The summed E-state index contributed by atoms with van der Waals surface area (Å²) in [4.78, 5) is 14.7. The van der Waals surface area contributed by atoms with Gasteiger partial charge in [0.2, 0.25) is 5.91 Å². The summed E-state index contributed by atoms with van der Waals surface area (Å²) < 4.78 is 38.6. The SMILES string of the molecule is C[C@H](CCC(=O)N1CCC([C@H](O)C(F)(F)F)CC1)[C@H]1CC[C@H]2[C@@H]3CC=C4C[C@@H](O)CC[C@]4(C)[C@H]3CC[C@]12C. The van der Waals surface area contributed by atoms with Crippen LogP contribution in [0.3, 0.4) is 0 Å². The second kappa shape index (κ2) is 10.4. The summed E-state index contributed by atoms with van der Waals surface area (Å²) in [6.45, 7) is 7.92. The Bertz CT molecular complexity index is 913. The predicted molar refractivity (Wildman–Crippen MR) is 141 cm³/mol. The summed E-state index contributed by atoms with van der Waals surface area (Å²) in [5, 5.41) is 19.8. The van der Waals surface area contributed by atoms with Crippen LogP contribution in [-0.4, -0.2) is 52.5 Å². The third kappa shape index (κ3) is 4.97. The molecule has 2 N–H and O–H groups in total. The van der Waals surface area contributed by atoms with Gasteiger partial charge in [0.25, 0.3) is 0 Å². The maximum atomic E-state index is 13.0. The molecule has 4 fully saturated rings. The fraction of sp³-hybridized carbons (Fsp3) is 0.903. The Kier molecular flexibility index (Phi) is 7.78. The molecule has 0 spiro atoms. The van der Waals surface area contributed by atoms with E-state index in [0.29, 0.717) is 36.8 Å². The number of halogens is 3. The molecular formula is C31H48F3NO3. The Labute approximate surface area is 226 Å². The van der Waals surface area contributed by atoms with Crippen molar-refractivity contribution in [3.63, 3.8) is 0 Å². The molecule has 0 aromatic carbocycles. The monoisotopic (exact) mass is 539 g/mol. The van der Waals surface area contributed by atoms with Gasteiger partial charge in [0, 0.05) is 19.5 Å². The van der Waals surface area contributed by atoms with Gasteiger partial charge in [0.05, 0.1) is 6.10 Å². The van der Waals surface area contributed by atoms with Gasteiger partial charge in [-0.3, -0.25) is 4.79 Å². The summed E-state index contributed by atoms with van der Waals surface area (Å²) in [5.41, 5.74) is 2.08. The van der Waals surface area contributed by atoms with Gasteiger partial charge in [0.15, 0.2) is 6.10 Å². The Morgan fingerprint density at radius 1 is 1.08 bits per heavy atom. The number of allylic oxidation sites excluding steroid dienone is 1. The summed E-state index contributed by atoms with van der Waals surface area (Å²) in [7, 11) is 0. The lowest BCUT2D eigenvalue weighted by Crippen LogP contribution is -2.50. The van der Waals surface area contributed by atoms with Crippen LogP contribution in [-0.2, 0) is 4.79 Å². The number of amides is 1. The molecule has 1 aliphatic heterocycles. The third-order valence-electron chi connectivity index (χ3n) is 12.3. The Hall–Kier alpha value is -1.08. The lowest BCUT2D eigenvalue weighted by Gasteiger charge is -2.58. The number of carbonyl (C=O) groups is 1. The summed E-state index contributed by atoms with van der Waals surface area (Å²) >= 11 is 0. The van der Waals surface area contributed by atoms with Gasteiger partial charge in [-0.15, -0.1) is 0 Å². The molecular weight excluding hydrogens is 491 g/mol. The average molecular weight is 540 g/mol. The first-order chi connectivity index (χ1) is 17.8. The molecule has 1 saturated heterocycles. The number of piperidine rings is 1. The van der Waals surface area contributed by atoms with Gasteiger partial charge >= 0.3 is 6.18 Å². The molecule has 0 unspecified atom stereocenters. The standard InChI is InChI=1S/C31H48F3NO3/c1-19(4-9-27(37)35-16-12-20(13-17-35)28(38)31(32,33)34)24-7-8-25-23-6-5-21-18-22(36)10-14-29(21,2)26(23)11-15-30(24,25)3/h5,19-20,22-26,28,36,38H,4,6-18H2,1-3H3/t19-,22+,23+,24-,25+,26+,28+,29+,30-/m1/s1. The Balaban J connectivity index is 1.16. The van der Waals surface area contributed by atoms with Crippen LogP contribution in [0.1, 0.15) is 97.8 Å². The number of nitrogens with zero attached hydrogens (tertiary/aromatic N) is 1. The Morgan fingerprint density at radius 3 is 2.47 bits per heavy atom. The average Bonchev–Trinajstić information content (AvgIpc) is 3.24. The van der Waals surface area contributed by atoms with Crippen LogP contribution in [0.25, 0.3) is 0 Å². The van der Waals surface area contributed by atoms with Crippen LogP contribution in [0.15, 0.2) is 11.6 Å². The highest BCUT2D eigenvalue weighted by atomic mass is 19.4. The molecule has 7 heteroatoms. The smallest absolute Gasteiger partial charge is 0.393 e. The van der Waals surface area contributed by atoms with Gasteiger partial charge in [0.1, 0.15) is 0 Å². The zero-order valence-electron chi connectivity index (χ0n) is 23.5. The number of aliphatic hydroxyl groups excluding tert-OH is 2. The number of likely N-dealkylation sites (tertiary alicyclic amines) is 1. The molecule has 5 aliphatic rings. The van der Waals surface area contributed by atoms with Crippen LogP contribution in [0, 0.1) is 46.3 Å². The summed E-state index contributed by atoms with van der Waals surface area (Å²) in [6.07, 6.45) is 6.23. The zero-order valence-corrected chi connectivity index (χ0v) is 23.5. The molecule has 38 heavy (non-hydrogen) atoms. The lowest BCUT2D eigenvalue weighted by atomic mass is 9.47. The number of aliphatic hydroxyl groups is 2. The summed E-state index contributed by atoms with van der Waals surface area (Å²) in [6, 6.07) is 0. The van der Waals surface area contributed by atoms with E-state index in [1.807, 2.05) is 0 Å². The molecule has 216 valence electrons. The molecule has 5 rings (SSSR count). The first-order valence-electron chi connectivity index (χ1n) is 15.2. The van der Waals surface area contributed by atoms with Gasteiger partial charge in [-0.05, 0) is 117 Å². The fourth-order valence-corrected chi connectivity index (χ4v) is 10.1. The fourth-order valence-electron chi connectivity index (χ4n) is 10.1. The van der Waals surface area contributed by atoms with Crippen molar-refractivity contribution in [3.05, 3.63) is 11.6 Å². The van der Waals surface area contributed by atoms with E-state index in [0.717, 1.165) is 49.9 Å². The van der Waals surface area contributed by atoms with Crippen molar-refractivity contribution in [3.8, 4) is 0 Å². The first kappa shape index (κ1) is 28.4. The largest absolute Gasteiger partial charge is 0.414 e. The van der Waals surface area contributed by atoms with E-state index in [1.54, 1.807) is 4.90 Å². The van der Waals surface area contributed by atoms with Crippen LogP contribution < -0.4 is 0 Å². The summed E-state index contributed by atoms with van der Waals surface area (Å²) in [5.74, 6) is 2.48. The number of carbonyl (C=O) groups excluding carboxylic acids is 1. The molecule has 0 aromatic rings. The van der Waals surface area contributed by atoms with E-state index in [2.05, 4.69) is 26.8 Å². The highest BCUT2D eigenvalue weighted by Gasteiger charge is 2.59. The zero-order chi connectivity index (χ0) is 27.5. The van der Waals surface area contributed by atoms with Crippen molar-refractivity contribution in [2.75, 3.05) is 13.1 Å². The van der Waals surface area contributed by atoms with Gasteiger partial charge < -0.3 is 15.1 Å². The van der Waals surface area contributed by atoms with Crippen molar-refractivity contribution >= 4 is 5.91 Å². The number of fused-ring (bicyclic) bond motifs is 5. The molecule has 1 amide bonds. The predicted octanol–water partition coefficient (Wildman–Crippen LogP) is 6.50. The third-order valence-corrected chi connectivity index (χ3v) is 12.3. The minimum absolute atomic E-state index is 0.0533. The maximum absolute atomic E-state index is 13.0. The number of hydrogen-bond acceptors (Lipinski definition) is 3. The van der Waals surface area contributed by atoms with Crippen molar-refractivity contribution in [2.45, 2.75) is 116 Å². The van der Waals surface area contributed by atoms with Gasteiger partial charge in [-0.2, -0.15) is 13.2 Å². The highest BCUT2D eigenvalue weighted by Crippen LogP contribution is 2.67. The van der Waals surface area contributed by atoms with Crippen molar-refractivity contribution in [1.29, 1.82) is 0 Å². The van der Waals surface area contributed by atoms with Crippen LogP contribution in [0.4, 0.5) is 13.2 Å². The molecule has 9 atom stereocenters. The Morgan fingerprint density at radius 2 is 1.79 bits per heavy atom. The van der Waals surface area contributed by atoms with Crippen molar-refractivity contribution in [2.24, 2.45) is 46.3 Å². The van der Waals surface area contributed by atoms with Crippen LogP contribution in [0.2, 0.25) is 0 Å². The van der Waals surface area contributed by atoms with E-state index in [4.69, 9.17) is 0 Å². The molecule has 0 aromatic heterocycles. The van der Waals surface area contributed by atoms with E-state index in [-0.39, 0.29) is 30.3 Å². The highest BCUT2D eigenvalue weighted by molar-refractivity contribution is 5.76. The van der Waals surface area contributed by atoms with E-state index >= 15 is 0 Å². The van der Waals surface area contributed by atoms with E-state index in [1.165, 1.54) is 31.3 Å². The van der Waals surface area contributed by atoms with Gasteiger partial charge in [-0.25, -0.2) is 0 Å². The van der Waals surface area contributed by atoms with E-state index in [9.17, 15) is 28.2 Å². The molecule has 0 radical (unpaired) electrons. The quantitative estimate of drug-likeness (QED) is 0.392. The second-order valence-electron chi connectivity index (χ2n) is 14.1. The maximum Gasteiger partial charge on any atom is 0.414 e. The van der Waals surface area contributed by atoms with E-state index < -0.39 is 18.2 Å². The second-order valence-corrected chi connectivity index (χ2v) is 14.1. The number of alkyl halides is 3. The molecule has 3 saturated carbocycles. The van der Waals surface area contributed by atoms with Crippen LogP contribution >= 0.6 is 0 Å². The minimum atomic E-state index is -4.59. The van der Waals surface area contributed by atoms with Crippen LogP contribution in [0.5, 0.6) is 0 Å². The molecule has 1 heterocycles. The molecule has 0 bridgehead atoms. The normalized spacial score (nSPS) is 41.5.